The van der Waals surface area contributed by atoms with Gasteiger partial charge in [0.05, 0.1) is 22.3 Å². The fourth-order valence-corrected chi connectivity index (χ4v) is 9.93. The van der Waals surface area contributed by atoms with Crippen LogP contribution >= 0.6 is 0 Å². The normalized spacial score (nSPS) is 17.1. The second-order valence-corrected chi connectivity index (χ2v) is 20.3. The Labute approximate surface area is 413 Å². The predicted octanol–water partition coefficient (Wildman–Crippen LogP) is 16.5. The first-order valence-corrected chi connectivity index (χ1v) is 23.5. The fraction of sp³-hybridized carbons (Fsp3) is 0.311. The van der Waals surface area contributed by atoms with Crippen LogP contribution < -0.4 is 0 Å². The van der Waals surface area contributed by atoms with Gasteiger partial charge in [-0.15, -0.1) is 29.3 Å². The van der Waals surface area contributed by atoms with Gasteiger partial charge in [0.2, 0.25) is 0 Å². The first kappa shape index (κ1) is 39.6. The predicted molar refractivity (Wildman–Crippen MR) is 271 cm³/mol. The van der Waals surface area contributed by atoms with Gasteiger partial charge in [0.15, 0.2) is 0 Å². The number of benzene rings is 6. The summed E-state index contributed by atoms with van der Waals surface area (Å²) in [6, 6.07) is 46.6. The maximum absolute atomic E-state index is 12.8. The fourth-order valence-electron chi connectivity index (χ4n) is 9.93. The van der Waals surface area contributed by atoms with E-state index in [9.17, 15) is 7.85 Å². The van der Waals surface area contributed by atoms with Gasteiger partial charge >= 0.3 is 0 Å². The number of hydrogen-bond donors (Lipinski definition) is 1. The number of nitrogens with zero attached hydrogens (tertiary/aromatic N) is 3. The van der Waals surface area contributed by atoms with Crippen LogP contribution in [-0.4, -0.2) is 19.6 Å². The molecule has 0 aliphatic heterocycles. The third kappa shape index (κ3) is 8.87. The van der Waals surface area contributed by atoms with E-state index in [4.69, 9.17) is 14.1 Å². The maximum Gasteiger partial charge on any atom is 0.148 e. The Morgan fingerprint density at radius 1 is 0.636 bits per heavy atom. The van der Waals surface area contributed by atoms with Gasteiger partial charge in [-0.1, -0.05) is 169 Å². The van der Waals surface area contributed by atoms with Crippen molar-refractivity contribution in [2.45, 2.75) is 122 Å². The summed E-state index contributed by atoms with van der Waals surface area (Å²) < 4.78 is 45.5. The summed E-state index contributed by atoms with van der Waals surface area (Å²) in [6.07, 6.45) is 8.32. The minimum Gasteiger partial charge on any atom is -0.507 e. The summed E-state index contributed by atoms with van der Waals surface area (Å²) in [5.41, 5.74) is 13.8. The number of para-hydroxylation sites is 1. The van der Waals surface area contributed by atoms with E-state index in [0.29, 0.717) is 35.4 Å². The number of pyridine rings is 1. The van der Waals surface area contributed by atoms with Gasteiger partial charge in [-0.05, 0) is 119 Å². The number of imidazole rings is 1. The smallest absolute Gasteiger partial charge is 0.148 e. The van der Waals surface area contributed by atoms with Crippen molar-refractivity contribution in [1.29, 1.82) is 0 Å². The average molecular weight is 1050 g/mol. The van der Waals surface area contributed by atoms with Gasteiger partial charge in [0, 0.05) is 45.4 Å². The molecule has 2 heterocycles. The summed E-state index contributed by atoms with van der Waals surface area (Å²) in [4.78, 5) is 10.5. The maximum atomic E-state index is 12.8. The molecule has 10 rings (SSSR count). The van der Waals surface area contributed by atoms with E-state index in [1.165, 1.54) is 5.56 Å². The molecular formula is C61H62N3OPt-. The molecule has 4 nitrogen and oxygen atoms in total. The number of aromatic nitrogens is 3. The summed E-state index contributed by atoms with van der Waals surface area (Å²) >= 11 is 0. The number of phenolic OH excluding ortho intramolecular Hbond substituents is 1. The Balaban J connectivity index is 0.00000624. The molecule has 8 aromatic rings. The molecule has 0 saturated heterocycles. The largest absolute Gasteiger partial charge is 0.507 e. The second kappa shape index (κ2) is 18.3. The molecule has 2 aliphatic carbocycles. The van der Waals surface area contributed by atoms with E-state index < -0.39 is 18.6 Å². The molecule has 0 radical (unpaired) electrons. The van der Waals surface area contributed by atoms with Crippen LogP contribution in [0.1, 0.15) is 139 Å². The summed E-state index contributed by atoms with van der Waals surface area (Å²) in [5, 5.41) is 12.8. The van der Waals surface area contributed by atoms with Crippen molar-refractivity contribution in [3.8, 4) is 67.5 Å². The molecule has 0 atom stereocenters. The molecule has 0 bridgehead atoms. The van der Waals surface area contributed by atoms with E-state index in [1.54, 1.807) is 18.3 Å². The van der Waals surface area contributed by atoms with Crippen LogP contribution in [0.2, 0.25) is 0 Å². The molecule has 5 heteroatoms. The summed E-state index contributed by atoms with van der Waals surface area (Å²) in [7, 11) is 0. The van der Waals surface area contributed by atoms with Gasteiger partial charge in [0.1, 0.15) is 11.6 Å². The zero-order valence-electron chi connectivity index (χ0n) is 44.0. The number of hydrogen-bond acceptors (Lipinski definition) is 3. The summed E-state index contributed by atoms with van der Waals surface area (Å²) in [5.74, 6) is -1.18. The topological polar surface area (TPSA) is 50.9 Å². The van der Waals surface area contributed by atoms with Gasteiger partial charge in [-0.2, -0.15) is 0 Å². The van der Waals surface area contributed by atoms with Crippen molar-refractivity contribution in [3.05, 3.63) is 167 Å². The number of phenols is 1. The first-order valence-electron chi connectivity index (χ1n) is 26.0. The molecule has 2 aliphatic rings. The average Bonchev–Trinajstić information content (AvgIpc) is 4.10. The Hall–Kier alpha value is -5.57. The van der Waals surface area contributed by atoms with Crippen molar-refractivity contribution in [3.63, 3.8) is 0 Å². The van der Waals surface area contributed by atoms with Crippen LogP contribution in [0.5, 0.6) is 5.75 Å². The molecule has 2 aromatic heterocycles. The zero-order valence-corrected chi connectivity index (χ0v) is 41.2. The van der Waals surface area contributed by atoms with Crippen LogP contribution in [0.15, 0.2) is 134 Å². The van der Waals surface area contributed by atoms with Gasteiger partial charge in [-0.25, -0.2) is 4.98 Å². The zero-order chi connectivity index (χ0) is 49.4. The van der Waals surface area contributed by atoms with E-state index >= 15 is 0 Å². The number of fused-ring (bicyclic) bond motifs is 1. The minimum absolute atomic E-state index is 0. The van der Waals surface area contributed by atoms with Crippen molar-refractivity contribution in [1.82, 2.24) is 14.5 Å². The number of rotatable bonds is 8. The Morgan fingerprint density at radius 2 is 1.33 bits per heavy atom. The molecule has 6 aromatic carbocycles. The minimum atomic E-state index is -2.19. The molecule has 66 heavy (non-hydrogen) atoms. The number of aromatic hydroxyl groups is 1. The van der Waals surface area contributed by atoms with E-state index in [-0.39, 0.29) is 37.6 Å². The van der Waals surface area contributed by atoms with Crippen molar-refractivity contribution in [2.24, 2.45) is 0 Å². The van der Waals surface area contributed by atoms with Crippen molar-refractivity contribution < 1.29 is 33.0 Å². The standard InChI is InChI=1S/C61H62N3O.Pt/c1-39-24-26-41(27-25-39)44-30-31-62-54(37-44)47-32-46(33-49(34-47)61(5,6)7)50-22-15-23-56-57(50)63-59(53-36-45(40-16-11-12-17-40)35-52(58(53)65)43-20-13-14-21-43)64(56)55-29-28-48(60(2,3)4)38-51(55)42-18-9-8-10-19-42;/h8-10,15,18-19,22-31,33-38,40,43,65H,11-14,16-17,20-21H2,1-7H3;/q-1;/i1D3,40D,43D;. The molecule has 0 amide bonds. The van der Waals surface area contributed by atoms with Gasteiger partial charge < -0.3 is 5.11 Å². The first-order chi connectivity index (χ1) is 33.2. The molecular weight excluding hydrogens is 986 g/mol. The molecule has 338 valence electrons. The molecule has 2 saturated carbocycles. The monoisotopic (exact) mass is 1050 g/mol. The second-order valence-electron chi connectivity index (χ2n) is 20.3. The Morgan fingerprint density at radius 3 is 2.03 bits per heavy atom. The number of aryl methyl sites for hydroxylation is 1. The molecule has 0 spiro atoms. The van der Waals surface area contributed by atoms with Crippen molar-refractivity contribution >= 4 is 11.0 Å². The van der Waals surface area contributed by atoms with E-state index in [2.05, 4.69) is 125 Å². The van der Waals surface area contributed by atoms with E-state index in [1.807, 2.05) is 42.5 Å². The third-order valence-electron chi connectivity index (χ3n) is 13.7. The van der Waals surface area contributed by atoms with Crippen LogP contribution in [0, 0.1) is 12.9 Å². The molecule has 1 N–H and O–H groups in total. The van der Waals surface area contributed by atoms with Gasteiger partial charge in [-0.3, -0.25) is 9.55 Å². The third-order valence-corrected chi connectivity index (χ3v) is 13.7. The van der Waals surface area contributed by atoms with Crippen LogP contribution in [0.4, 0.5) is 0 Å². The van der Waals surface area contributed by atoms with Crippen LogP contribution in [0.3, 0.4) is 0 Å². The SMILES string of the molecule is [2H]C([2H])([2H])c1ccc(-c2ccnc(-c3[c-]c(-c4cccc5c4nc(-c4cc(C6([2H])CCCC6)cc(C6([2H])CCCC6)c4O)n5-c4ccc(C(C)(C)C)cc4-c4ccccc4)cc(C(C)(C)C)c3)c2)cc1.[Pt]. The molecule has 0 unspecified atom stereocenters. The van der Waals surface area contributed by atoms with E-state index in [0.717, 1.165) is 111 Å². The molecule has 2 fully saturated rings. The van der Waals surface area contributed by atoms with Crippen LogP contribution in [-0.2, 0) is 31.9 Å². The summed E-state index contributed by atoms with van der Waals surface area (Å²) in [6.45, 7) is 11.1. The Bertz CT molecular complexity index is 3260. The Kier molecular flexibility index (Phi) is 10.9. The van der Waals surface area contributed by atoms with Crippen LogP contribution in [0.25, 0.3) is 72.7 Å². The van der Waals surface area contributed by atoms with Gasteiger partial charge in [0.25, 0.3) is 0 Å². The van der Waals surface area contributed by atoms with Crippen molar-refractivity contribution in [2.75, 3.05) is 0 Å². The quantitative estimate of drug-likeness (QED) is 0.154.